The van der Waals surface area contributed by atoms with E-state index >= 15 is 0 Å². The van der Waals surface area contributed by atoms with Crippen LogP contribution < -0.4 is 5.32 Å². The van der Waals surface area contributed by atoms with Gasteiger partial charge in [0.25, 0.3) is 0 Å². The maximum absolute atomic E-state index is 12.5. The number of rotatable bonds is 35. The Balaban J connectivity index is 4.31. The normalized spacial score (nSPS) is 13.6. The second-order valence-corrected chi connectivity index (χ2v) is 13.9. The van der Waals surface area contributed by atoms with Crippen molar-refractivity contribution in [1.29, 1.82) is 0 Å². The molecule has 0 aliphatic carbocycles. The number of hydrogen-bond donors (Lipinski definition) is 2. The Morgan fingerprint density at radius 1 is 0.652 bits per heavy atom. The van der Waals surface area contributed by atoms with Gasteiger partial charge in [-0.1, -0.05) is 129 Å². The van der Waals surface area contributed by atoms with Gasteiger partial charge in [-0.25, -0.2) is 4.57 Å². The molecule has 0 saturated heterocycles. The molecule has 0 fully saturated rings. The van der Waals surface area contributed by atoms with E-state index in [-0.39, 0.29) is 25.6 Å². The lowest BCUT2D eigenvalue weighted by molar-refractivity contribution is -0.161. The molecule has 10 heteroatoms. The van der Waals surface area contributed by atoms with Gasteiger partial charge in [0, 0.05) is 19.4 Å². The minimum atomic E-state index is -4.34. The van der Waals surface area contributed by atoms with E-state index in [0.29, 0.717) is 19.4 Å². The number of hydrogen-bond acceptors (Lipinski definition) is 8. The van der Waals surface area contributed by atoms with Gasteiger partial charge in [-0.2, -0.15) is 0 Å². The molecule has 0 aliphatic rings. The molecule has 0 rings (SSSR count). The van der Waals surface area contributed by atoms with Crippen molar-refractivity contribution in [2.75, 3.05) is 33.4 Å². The first-order valence-corrected chi connectivity index (χ1v) is 20.1. The highest BCUT2D eigenvalue weighted by molar-refractivity contribution is 7.47. The van der Waals surface area contributed by atoms with Crippen LogP contribution in [0.25, 0.3) is 0 Å². The molecule has 0 radical (unpaired) electrons. The average Bonchev–Trinajstić information content (AvgIpc) is 3.03. The Morgan fingerprint density at radius 2 is 1.11 bits per heavy atom. The quantitative estimate of drug-likeness (QED) is 0.0293. The Morgan fingerprint density at radius 3 is 1.63 bits per heavy atom. The average molecular weight is 676 g/mol. The van der Waals surface area contributed by atoms with Crippen molar-refractivity contribution in [3.63, 3.8) is 0 Å². The lowest BCUT2D eigenvalue weighted by Crippen LogP contribution is -2.29. The van der Waals surface area contributed by atoms with E-state index in [0.717, 1.165) is 51.4 Å². The van der Waals surface area contributed by atoms with Gasteiger partial charge in [0.15, 0.2) is 6.10 Å². The van der Waals surface area contributed by atoms with Crippen molar-refractivity contribution >= 4 is 19.8 Å². The summed E-state index contributed by atoms with van der Waals surface area (Å²) >= 11 is 0. The zero-order chi connectivity index (χ0) is 34.0. The molecule has 2 unspecified atom stereocenters. The zero-order valence-corrected chi connectivity index (χ0v) is 30.7. The standard InChI is InChI=1S/C36H70NO8P/c1-4-6-8-10-12-14-16-17-19-21-23-25-27-29-36(39)45-34(33-44-46(40,41)43-31-30-37-3)32-42-35(38)28-26-24-22-20-18-15-13-11-9-7-5-2/h14,16,34,37H,4-13,15,17-33H2,1-3H3,(H,40,41)/b16-14-. The lowest BCUT2D eigenvalue weighted by atomic mass is 10.1. The third kappa shape index (κ3) is 32.7. The predicted octanol–water partition coefficient (Wildman–Crippen LogP) is 9.75. The number of allylic oxidation sites excluding steroid dienone is 2. The summed E-state index contributed by atoms with van der Waals surface area (Å²) in [6.45, 7) is 4.18. The summed E-state index contributed by atoms with van der Waals surface area (Å²) in [5.41, 5.74) is 0. The van der Waals surface area contributed by atoms with Crippen LogP contribution in [0.4, 0.5) is 0 Å². The van der Waals surface area contributed by atoms with Gasteiger partial charge >= 0.3 is 19.8 Å². The van der Waals surface area contributed by atoms with Crippen LogP contribution in [0.1, 0.15) is 168 Å². The summed E-state index contributed by atoms with van der Waals surface area (Å²) in [4.78, 5) is 34.8. The highest BCUT2D eigenvalue weighted by Crippen LogP contribution is 2.43. The molecule has 0 bridgehead atoms. The lowest BCUT2D eigenvalue weighted by Gasteiger charge is -2.20. The van der Waals surface area contributed by atoms with Crippen LogP contribution in [0.15, 0.2) is 12.2 Å². The first-order chi connectivity index (χ1) is 22.3. The van der Waals surface area contributed by atoms with Crippen LogP contribution in [0.2, 0.25) is 0 Å². The van der Waals surface area contributed by atoms with E-state index < -0.39 is 26.5 Å². The molecular weight excluding hydrogens is 605 g/mol. The third-order valence-corrected chi connectivity index (χ3v) is 8.87. The number of unbranched alkanes of at least 4 members (excludes halogenated alkanes) is 19. The second kappa shape index (κ2) is 33.6. The molecule has 46 heavy (non-hydrogen) atoms. The largest absolute Gasteiger partial charge is 0.472 e. The van der Waals surface area contributed by atoms with Crippen LogP contribution >= 0.6 is 7.82 Å². The SMILES string of the molecule is CCCCCC/C=C\CCCCCCCC(=O)OC(COC(=O)CCCCCCCCCCCCC)COP(=O)(O)OCCNC. The van der Waals surface area contributed by atoms with Crippen LogP contribution in [0.3, 0.4) is 0 Å². The molecule has 0 saturated carbocycles. The molecule has 2 N–H and O–H groups in total. The second-order valence-electron chi connectivity index (χ2n) is 12.4. The van der Waals surface area contributed by atoms with Crippen LogP contribution in [0.5, 0.6) is 0 Å². The summed E-state index contributed by atoms with van der Waals surface area (Å²) < 4.78 is 33.0. The maximum Gasteiger partial charge on any atom is 0.472 e. The maximum atomic E-state index is 12.5. The molecule has 2 atom stereocenters. The first kappa shape index (κ1) is 44.8. The van der Waals surface area contributed by atoms with Crippen LogP contribution in [-0.4, -0.2) is 56.3 Å². The third-order valence-electron chi connectivity index (χ3n) is 7.89. The topological polar surface area (TPSA) is 120 Å². The minimum Gasteiger partial charge on any atom is -0.462 e. The first-order valence-electron chi connectivity index (χ1n) is 18.6. The van der Waals surface area contributed by atoms with E-state index in [1.165, 1.54) is 83.5 Å². The summed E-state index contributed by atoms with van der Waals surface area (Å²) in [5, 5.41) is 2.81. The number of ether oxygens (including phenoxy) is 2. The molecule has 0 aromatic heterocycles. The predicted molar refractivity (Wildman–Crippen MR) is 188 cm³/mol. The fourth-order valence-electron chi connectivity index (χ4n) is 5.02. The molecule has 272 valence electrons. The molecule has 0 aliphatic heterocycles. The van der Waals surface area contributed by atoms with Crippen molar-refractivity contribution in [1.82, 2.24) is 5.32 Å². The van der Waals surface area contributed by atoms with E-state index in [4.69, 9.17) is 18.5 Å². The Hall–Kier alpha value is -1.25. The molecule has 0 aromatic rings. The summed E-state index contributed by atoms with van der Waals surface area (Å²) in [6, 6.07) is 0. The number of carbonyl (C=O) groups is 2. The number of nitrogens with one attached hydrogen (secondary N) is 1. The summed E-state index contributed by atoms with van der Waals surface area (Å²) in [6.07, 6.45) is 29.6. The highest BCUT2D eigenvalue weighted by Gasteiger charge is 2.26. The fourth-order valence-corrected chi connectivity index (χ4v) is 5.77. The fraction of sp³-hybridized carbons (Fsp3) is 0.889. The van der Waals surface area contributed by atoms with Crippen LogP contribution in [-0.2, 0) is 32.7 Å². The van der Waals surface area contributed by atoms with E-state index in [2.05, 4.69) is 31.3 Å². The van der Waals surface area contributed by atoms with Gasteiger partial charge in [0.1, 0.15) is 6.61 Å². The number of carbonyl (C=O) groups excluding carboxylic acids is 2. The monoisotopic (exact) mass is 675 g/mol. The van der Waals surface area contributed by atoms with Gasteiger partial charge < -0.3 is 19.7 Å². The van der Waals surface area contributed by atoms with Crippen molar-refractivity contribution in [3.8, 4) is 0 Å². The van der Waals surface area contributed by atoms with Gasteiger partial charge in [0.05, 0.1) is 13.2 Å². The van der Waals surface area contributed by atoms with E-state index in [1.807, 2.05) is 0 Å². The molecule has 9 nitrogen and oxygen atoms in total. The summed E-state index contributed by atoms with van der Waals surface area (Å²) in [5.74, 6) is -0.814. The van der Waals surface area contributed by atoms with Crippen molar-refractivity contribution < 1.29 is 37.6 Å². The van der Waals surface area contributed by atoms with Gasteiger partial charge in [-0.15, -0.1) is 0 Å². The van der Waals surface area contributed by atoms with Gasteiger partial charge in [-0.3, -0.25) is 18.6 Å². The number of likely N-dealkylation sites (N-methyl/N-ethyl adjacent to an activating group) is 1. The van der Waals surface area contributed by atoms with Crippen molar-refractivity contribution in [2.24, 2.45) is 0 Å². The number of esters is 2. The van der Waals surface area contributed by atoms with Crippen molar-refractivity contribution in [3.05, 3.63) is 12.2 Å². The number of phosphoric acid groups is 1. The Bertz CT molecular complexity index is 779. The molecular formula is C36H70NO8P. The van der Waals surface area contributed by atoms with E-state index in [1.54, 1.807) is 7.05 Å². The summed E-state index contributed by atoms with van der Waals surface area (Å²) in [7, 11) is -2.64. The molecule has 0 amide bonds. The molecule has 0 spiro atoms. The van der Waals surface area contributed by atoms with Gasteiger partial charge in [0.2, 0.25) is 0 Å². The smallest absolute Gasteiger partial charge is 0.462 e. The highest BCUT2D eigenvalue weighted by atomic mass is 31.2. The Labute approximate surface area is 281 Å². The van der Waals surface area contributed by atoms with E-state index in [9.17, 15) is 19.0 Å². The zero-order valence-electron chi connectivity index (χ0n) is 29.8. The van der Waals surface area contributed by atoms with Crippen molar-refractivity contribution in [2.45, 2.75) is 174 Å². The molecule has 0 aromatic carbocycles. The van der Waals surface area contributed by atoms with Crippen LogP contribution in [0, 0.1) is 0 Å². The minimum absolute atomic E-state index is 0.0159. The Kier molecular flexibility index (Phi) is 32.7. The van der Waals surface area contributed by atoms with Gasteiger partial charge in [-0.05, 0) is 45.6 Å². The molecule has 0 heterocycles. The number of phosphoric ester groups is 1.